The predicted octanol–water partition coefficient (Wildman–Crippen LogP) is 4.90. The number of piperidine rings is 1. The SMILES string of the molecule is COc1ccccc1N(CC(=O)NCC1CCN(C2CCCC2)CC1)C(=O)c1ccc2c(C)c[nH]c2c1. The Hall–Kier alpha value is -3.32. The second-order valence-corrected chi connectivity index (χ2v) is 10.5. The number of aryl methyl sites for hydroxylation is 1. The molecule has 2 N–H and O–H groups in total. The van der Waals surface area contributed by atoms with E-state index in [2.05, 4.69) is 15.2 Å². The first-order valence-electron chi connectivity index (χ1n) is 13.6. The highest BCUT2D eigenvalue weighted by Crippen LogP contribution is 2.30. The van der Waals surface area contributed by atoms with E-state index in [1.807, 2.05) is 55.6 Å². The number of anilines is 1. The molecule has 0 atom stereocenters. The van der Waals surface area contributed by atoms with Gasteiger partial charge in [-0.05, 0) is 81.4 Å². The molecule has 1 saturated heterocycles. The molecule has 1 saturated carbocycles. The Balaban J connectivity index is 1.26. The first kappa shape index (κ1) is 25.3. The van der Waals surface area contributed by atoms with Crippen molar-refractivity contribution in [1.29, 1.82) is 0 Å². The van der Waals surface area contributed by atoms with Crippen molar-refractivity contribution in [2.75, 3.05) is 38.2 Å². The molecule has 0 radical (unpaired) electrons. The lowest BCUT2D eigenvalue weighted by Crippen LogP contribution is -2.45. The Morgan fingerprint density at radius 3 is 2.59 bits per heavy atom. The molecule has 2 amide bonds. The Labute approximate surface area is 219 Å². The highest BCUT2D eigenvalue weighted by molar-refractivity contribution is 6.10. The molecular formula is C30H38N4O3. The highest BCUT2D eigenvalue weighted by Gasteiger charge is 2.28. The van der Waals surface area contributed by atoms with Gasteiger partial charge in [0.1, 0.15) is 12.3 Å². The third kappa shape index (κ3) is 5.67. The van der Waals surface area contributed by atoms with Gasteiger partial charge in [0.15, 0.2) is 0 Å². The van der Waals surface area contributed by atoms with Gasteiger partial charge in [-0.25, -0.2) is 0 Å². The minimum atomic E-state index is -0.237. The number of hydrogen-bond donors (Lipinski definition) is 2. The average molecular weight is 503 g/mol. The molecule has 7 heteroatoms. The molecule has 1 aromatic heterocycles. The summed E-state index contributed by atoms with van der Waals surface area (Å²) in [7, 11) is 1.58. The number of para-hydroxylation sites is 2. The van der Waals surface area contributed by atoms with E-state index in [9.17, 15) is 9.59 Å². The number of rotatable bonds is 8. The molecular weight excluding hydrogens is 464 g/mol. The summed E-state index contributed by atoms with van der Waals surface area (Å²) in [6, 6.07) is 13.7. The molecule has 196 valence electrons. The van der Waals surface area contributed by atoms with Crippen LogP contribution in [0.2, 0.25) is 0 Å². The first-order valence-corrected chi connectivity index (χ1v) is 13.6. The fraction of sp³-hybridized carbons (Fsp3) is 0.467. The fourth-order valence-electron chi connectivity index (χ4n) is 5.93. The van der Waals surface area contributed by atoms with Crippen LogP contribution in [0.3, 0.4) is 0 Å². The van der Waals surface area contributed by atoms with Gasteiger partial charge in [-0.1, -0.05) is 31.0 Å². The minimum Gasteiger partial charge on any atom is -0.495 e. The highest BCUT2D eigenvalue weighted by atomic mass is 16.5. The molecule has 1 aliphatic heterocycles. The normalized spacial score (nSPS) is 17.2. The summed E-state index contributed by atoms with van der Waals surface area (Å²) in [5.74, 6) is 0.642. The van der Waals surface area contributed by atoms with Gasteiger partial charge in [-0.15, -0.1) is 0 Å². The Morgan fingerprint density at radius 1 is 1.08 bits per heavy atom. The molecule has 3 aromatic rings. The van der Waals surface area contributed by atoms with Gasteiger partial charge in [0.05, 0.1) is 12.8 Å². The summed E-state index contributed by atoms with van der Waals surface area (Å²) in [6.45, 7) is 4.86. The number of hydrogen-bond acceptors (Lipinski definition) is 4. The van der Waals surface area contributed by atoms with Gasteiger partial charge in [0.2, 0.25) is 5.91 Å². The van der Waals surface area contributed by atoms with Crippen molar-refractivity contribution in [3.63, 3.8) is 0 Å². The van der Waals surface area contributed by atoms with Crippen molar-refractivity contribution < 1.29 is 14.3 Å². The van der Waals surface area contributed by atoms with Crippen molar-refractivity contribution in [2.24, 2.45) is 5.92 Å². The predicted molar refractivity (Wildman–Crippen MR) is 147 cm³/mol. The zero-order valence-electron chi connectivity index (χ0n) is 22.0. The number of benzene rings is 2. The number of nitrogens with zero attached hydrogens (tertiary/aromatic N) is 2. The third-order valence-corrected chi connectivity index (χ3v) is 8.14. The van der Waals surface area contributed by atoms with Crippen LogP contribution < -0.4 is 15.0 Å². The number of likely N-dealkylation sites (tertiary alicyclic amines) is 1. The van der Waals surface area contributed by atoms with Gasteiger partial charge in [-0.2, -0.15) is 0 Å². The van der Waals surface area contributed by atoms with Crippen LogP contribution in [-0.2, 0) is 4.79 Å². The van der Waals surface area contributed by atoms with Crippen LogP contribution >= 0.6 is 0 Å². The van der Waals surface area contributed by atoms with Crippen molar-refractivity contribution in [3.05, 3.63) is 59.8 Å². The van der Waals surface area contributed by atoms with Crippen molar-refractivity contribution in [2.45, 2.75) is 51.5 Å². The number of aromatic nitrogens is 1. The number of amides is 2. The topological polar surface area (TPSA) is 77.7 Å². The largest absolute Gasteiger partial charge is 0.495 e. The number of carbonyl (C=O) groups excluding carboxylic acids is 2. The van der Waals surface area contributed by atoms with Gasteiger partial charge in [-0.3, -0.25) is 14.5 Å². The number of ether oxygens (including phenoxy) is 1. The molecule has 1 aliphatic carbocycles. The maximum absolute atomic E-state index is 13.7. The summed E-state index contributed by atoms with van der Waals surface area (Å²) in [4.78, 5) is 34.3. The maximum Gasteiger partial charge on any atom is 0.258 e. The number of aromatic amines is 1. The monoisotopic (exact) mass is 502 g/mol. The average Bonchev–Trinajstić information content (AvgIpc) is 3.61. The van der Waals surface area contributed by atoms with E-state index in [1.54, 1.807) is 7.11 Å². The van der Waals surface area contributed by atoms with Crippen LogP contribution in [0, 0.1) is 12.8 Å². The van der Waals surface area contributed by atoms with E-state index in [0.717, 1.165) is 48.4 Å². The standard InChI is InChI=1S/C30H38N4O3/c1-21-18-31-26-17-23(11-12-25(21)26)30(36)34(27-9-5-6-10-28(27)37-2)20-29(35)32-19-22-13-15-33(16-14-22)24-7-3-4-8-24/h5-6,9-12,17-18,22,24,31H,3-4,7-8,13-16,19-20H2,1-2H3,(H,32,35). The Kier molecular flexibility index (Phi) is 7.79. The summed E-state index contributed by atoms with van der Waals surface area (Å²) >= 11 is 0. The van der Waals surface area contributed by atoms with E-state index < -0.39 is 0 Å². The van der Waals surface area contributed by atoms with E-state index >= 15 is 0 Å². The molecule has 2 aliphatic rings. The molecule has 7 nitrogen and oxygen atoms in total. The third-order valence-electron chi connectivity index (χ3n) is 8.14. The molecule has 2 fully saturated rings. The maximum atomic E-state index is 13.7. The minimum absolute atomic E-state index is 0.0675. The second kappa shape index (κ2) is 11.4. The zero-order valence-corrected chi connectivity index (χ0v) is 22.0. The number of H-pyrrole nitrogens is 1. The van der Waals surface area contributed by atoms with Crippen LogP contribution in [0.5, 0.6) is 5.75 Å². The van der Waals surface area contributed by atoms with Crippen molar-refractivity contribution >= 4 is 28.4 Å². The van der Waals surface area contributed by atoms with Crippen LogP contribution in [0.4, 0.5) is 5.69 Å². The van der Waals surface area contributed by atoms with Crippen LogP contribution in [-0.4, -0.2) is 61.0 Å². The molecule has 5 rings (SSSR count). The van der Waals surface area contributed by atoms with Crippen molar-refractivity contribution in [1.82, 2.24) is 15.2 Å². The first-order chi connectivity index (χ1) is 18.0. The van der Waals surface area contributed by atoms with Gasteiger partial charge in [0.25, 0.3) is 5.91 Å². The lowest BCUT2D eigenvalue weighted by molar-refractivity contribution is -0.120. The summed E-state index contributed by atoms with van der Waals surface area (Å²) in [6.07, 6.45) is 9.56. The number of nitrogens with one attached hydrogen (secondary N) is 2. The summed E-state index contributed by atoms with van der Waals surface area (Å²) in [5.41, 5.74) is 3.13. The lowest BCUT2D eigenvalue weighted by Gasteiger charge is -2.36. The van der Waals surface area contributed by atoms with Gasteiger partial charge < -0.3 is 19.9 Å². The fourth-order valence-corrected chi connectivity index (χ4v) is 5.93. The molecule has 2 aromatic carbocycles. The molecule has 0 unspecified atom stereocenters. The van der Waals surface area contributed by atoms with Crippen molar-refractivity contribution in [3.8, 4) is 5.75 Å². The number of fused-ring (bicyclic) bond motifs is 1. The molecule has 0 bridgehead atoms. The zero-order chi connectivity index (χ0) is 25.8. The summed E-state index contributed by atoms with van der Waals surface area (Å²) in [5, 5.41) is 4.20. The van der Waals surface area contributed by atoms with Crippen LogP contribution in [0.15, 0.2) is 48.7 Å². The second-order valence-electron chi connectivity index (χ2n) is 10.5. The smallest absolute Gasteiger partial charge is 0.258 e. The van der Waals surface area contributed by atoms with Gasteiger partial charge >= 0.3 is 0 Å². The van der Waals surface area contributed by atoms with E-state index in [4.69, 9.17) is 4.74 Å². The Bertz CT molecular complexity index is 1240. The van der Waals surface area contributed by atoms with E-state index in [0.29, 0.717) is 29.5 Å². The van der Waals surface area contributed by atoms with E-state index in [1.165, 1.54) is 30.6 Å². The lowest BCUT2D eigenvalue weighted by atomic mass is 9.95. The van der Waals surface area contributed by atoms with Crippen LogP contribution in [0.1, 0.15) is 54.4 Å². The Morgan fingerprint density at radius 2 is 1.84 bits per heavy atom. The van der Waals surface area contributed by atoms with Gasteiger partial charge in [0, 0.05) is 35.2 Å². The number of methoxy groups -OCH3 is 1. The molecule has 2 heterocycles. The molecule has 0 spiro atoms. The number of carbonyl (C=O) groups is 2. The quantitative estimate of drug-likeness (QED) is 0.459. The summed E-state index contributed by atoms with van der Waals surface area (Å²) < 4.78 is 5.54. The van der Waals surface area contributed by atoms with E-state index in [-0.39, 0.29) is 18.4 Å². The molecule has 37 heavy (non-hydrogen) atoms. The van der Waals surface area contributed by atoms with Crippen LogP contribution in [0.25, 0.3) is 10.9 Å².